The van der Waals surface area contributed by atoms with E-state index in [9.17, 15) is 9.59 Å². The van der Waals surface area contributed by atoms with E-state index in [1.54, 1.807) is 19.3 Å². The van der Waals surface area contributed by atoms with E-state index in [0.717, 1.165) is 16.7 Å². The van der Waals surface area contributed by atoms with Gasteiger partial charge in [0.05, 0.1) is 19.2 Å². The fraction of sp³-hybridized carbons (Fsp3) is 0.208. The molecular formula is C24H27Cl2N3O3. The quantitative estimate of drug-likeness (QED) is 0.451. The Labute approximate surface area is 200 Å². The van der Waals surface area contributed by atoms with Crippen LogP contribution >= 0.6 is 24.8 Å². The van der Waals surface area contributed by atoms with Crippen molar-refractivity contribution in [1.29, 1.82) is 0 Å². The van der Waals surface area contributed by atoms with Crippen molar-refractivity contribution < 1.29 is 14.3 Å². The third-order valence-corrected chi connectivity index (χ3v) is 4.54. The Morgan fingerprint density at radius 2 is 1.66 bits per heavy atom. The molecule has 0 radical (unpaired) electrons. The monoisotopic (exact) mass is 475 g/mol. The molecular weight excluding hydrogens is 449 g/mol. The minimum atomic E-state index is -0.582. The highest BCUT2D eigenvalue weighted by molar-refractivity contribution is 5.96. The molecule has 3 rings (SSSR count). The number of benzene rings is 2. The minimum Gasteiger partial charge on any atom is -0.465 e. The highest BCUT2D eigenvalue weighted by atomic mass is 35.5. The van der Waals surface area contributed by atoms with Crippen molar-refractivity contribution in [2.24, 2.45) is 0 Å². The molecule has 0 saturated heterocycles. The van der Waals surface area contributed by atoms with Crippen molar-refractivity contribution in [2.45, 2.75) is 19.4 Å². The van der Waals surface area contributed by atoms with Crippen LogP contribution in [0.1, 0.15) is 12.5 Å². The lowest BCUT2D eigenvalue weighted by molar-refractivity contribution is -0.142. The summed E-state index contributed by atoms with van der Waals surface area (Å²) in [6.07, 6.45) is 3.92. The van der Waals surface area contributed by atoms with Crippen LogP contribution in [0.25, 0.3) is 11.1 Å². The number of aromatic nitrogens is 1. The molecule has 1 unspecified atom stereocenters. The lowest BCUT2D eigenvalue weighted by Crippen LogP contribution is -2.44. The zero-order valence-electron chi connectivity index (χ0n) is 17.7. The molecule has 6 nitrogen and oxygen atoms in total. The second-order valence-electron chi connectivity index (χ2n) is 6.73. The average Bonchev–Trinajstić information content (AvgIpc) is 2.78. The van der Waals surface area contributed by atoms with E-state index in [2.05, 4.69) is 15.6 Å². The molecule has 3 aromatic rings. The fourth-order valence-electron chi connectivity index (χ4n) is 3.08. The predicted octanol–water partition coefficient (Wildman–Crippen LogP) is 4.29. The highest BCUT2D eigenvalue weighted by Gasteiger charge is 2.20. The number of rotatable bonds is 9. The number of hydrogen-bond acceptors (Lipinski definition) is 5. The molecule has 0 spiro atoms. The number of halogens is 2. The van der Waals surface area contributed by atoms with Gasteiger partial charge in [-0.05, 0) is 54.3 Å². The van der Waals surface area contributed by atoms with Gasteiger partial charge in [0, 0.05) is 18.1 Å². The molecule has 2 aromatic carbocycles. The largest absolute Gasteiger partial charge is 0.465 e. The molecule has 1 heterocycles. The van der Waals surface area contributed by atoms with Crippen molar-refractivity contribution in [3.05, 3.63) is 84.7 Å². The van der Waals surface area contributed by atoms with Crippen LogP contribution in [0.5, 0.6) is 0 Å². The van der Waals surface area contributed by atoms with Crippen LogP contribution in [-0.4, -0.2) is 36.1 Å². The van der Waals surface area contributed by atoms with Gasteiger partial charge >= 0.3 is 5.97 Å². The third kappa shape index (κ3) is 8.30. The van der Waals surface area contributed by atoms with E-state index in [4.69, 9.17) is 4.74 Å². The van der Waals surface area contributed by atoms with Gasteiger partial charge in [-0.2, -0.15) is 0 Å². The summed E-state index contributed by atoms with van der Waals surface area (Å²) in [6.45, 7) is 2.02. The van der Waals surface area contributed by atoms with Gasteiger partial charge in [-0.3, -0.25) is 19.9 Å². The highest BCUT2D eigenvalue weighted by Crippen LogP contribution is 2.22. The van der Waals surface area contributed by atoms with Crippen LogP contribution in [0.15, 0.2) is 79.1 Å². The van der Waals surface area contributed by atoms with E-state index in [0.29, 0.717) is 18.7 Å². The van der Waals surface area contributed by atoms with E-state index < -0.39 is 6.04 Å². The predicted molar refractivity (Wildman–Crippen MR) is 131 cm³/mol. The Morgan fingerprint density at radius 3 is 2.34 bits per heavy atom. The van der Waals surface area contributed by atoms with Gasteiger partial charge in [-0.15, -0.1) is 24.8 Å². The maximum atomic E-state index is 13.0. The summed E-state index contributed by atoms with van der Waals surface area (Å²) in [7, 11) is 0. The number of pyridine rings is 1. The number of hydrogen-bond donors (Lipinski definition) is 2. The molecule has 0 fully saturated rings. The molecule has 170 valence electrons. The van der Waals surface area contributed by atoms with Crippen LogP contribution in [0.3, 0.4) is 0 Å². The summed E-state index contributed by atoms with van der Waals surface area (Å²) in [5, 5.41) is 5.98. The smallest absolute Gasteiger partial charge is 0.319 e. The number of ether oxygens (including phenoxy) is 1. The fourth-order valence-corrected chi connectivity index (χ4v) is 3.08. The summed E-state index contributed by atoms with van der Waals surface area (Å²) in [5.41, 5.74) is 3.68. The lowest BCUT2D eigenvalue weighted by atomic mass is 10.0. The average molecular weight is 476 g/mol. The van der Waals surface area contributed by atoms with Gasteiger partial charge in [0.25, 0.3) is 0 Å². The van der Waals surface area contributed by atoms with Crippen LogP contribution in [0.2, 0.25) is 0 Å². The number of esters is 1. The van der Waals surface area contributed by atoms with Crippen LogP contribution < -0.4 is 10.6 Å². The Kier molecular flexibility index (Phi) is 12.0. The zero-order valence-corrected chi connectivity index (χ0v) is 19.3. The molecule has 1 aromatic heterocycles. The Balaban J connectivity index is 0.00000256. The lowest BCUT2D eigenvalue weighted by Gasteiger charge is -2.18. The molecule has 2 N–H and O–H groups in total. The van der Waals surface area contributed by atoms with Crippen molar-refractivity contribution in [3.8, 4) is 11.1 Å². The molecule has 0 aliphatic rings. The molecule has 32 heavy (non-hydrogen) atoms. The second-order valence-corrected chi connectivity index (χ2v) is 6.73. The SMILES string of the molecule is CCOC(=O)CNC(Cc1ccccc1)C(=O)Nc1cccc(-c2ccncc2)c1.Cl.Cl. The van der Waals surface area contributed by atoms with E-state index in [-0.39, 0.29) is 43.2 Å². The van der Waals surface area contributed by atoms with Crippen molar-refractivity contribution >= 4 is 42.4 Å². The van der Waals surface area contributed by atoms with Gasteiger partial charge in [0.2, 0.25) is 5.91 Å². The maximum absolute atomic E-state index is 13.0. The van der Waals surface area contributed by atoms with E-state index in [1.807, 2.05) is 66.7 Å². The first-order chi connectivity index (χ1) is 14.7. The molecule has 1 atom stereocenters. The van der Waals surface area contributed by atoms with Crippen molar-refractivity contribution in [2.75, 3.05) is 18.5 Å². The number of nitrogens with one attached hydrogen (secondary N) is 2. The normalized spacial score (nSPS) is 10.8. The Bertz CT molecular complexity index is 972. The molecule has 0 bridgehead atoms. The zero-order chi connectivity index (χ0) is 21.2. The number of anilines is 1. The molecule has 8 heteroatoms. The van der Waals surface area contributed by atoms with Crippen LogP contribution in [0.4, 0.5) is 5.69 Å². The van der Waals surface area contributed by atoms with Gasteiger partial charge in [0.1, 0.15) is 0 Å². The molecule has 0 aliphatic carbocycles. The van der Waals surface area contributed by atoms with Crippen LogP contribution in [-0.2, 0) is 20.7 Å². The molecule has 1 amide bonds. The van der Waals surface area contributed by atoms with E-state index in [1.165, 1.54) is 0 Å². The van der Waals surface area contributed by atoms with Crippen molar-refractivity contribution in [1.82, 2.24) is 10.3 Å². The standard InChI is InChI=1S/C24H25N3O3.2ClH/c1-2-30-23(28)17-26-22(15-18-7-4-3-5-8-18)24(29)27-21-10-6-9-20(16-21)19-11-13-25-14-12-19;;/h3-14,16,22,26H,2,15,17H2,1H3,(H,27,29);2*1H. The number of carbonyl (C=O) groups excluding carboxylic acids is 2. The van der Waals surface area contributed by atoms with Gasteiger partial charge < -0.3 is 10.1 Å². The number of amides is 1. The summed E-state index contributed by atoms with van der Waals surface area (Å²) < 4.78 is 4.97. The molecule has 0 saturated carbocycles. The minimum absolute atomic E-state index is 0. The Morgan fingerprint density at radius 1 is 0.938 bits per heavy atom. The Hall–Kier alpha value is -2.93. The van der Waals surface area contributed by atoms with Gasteiger partial charge in [-0.25, -0.2) is 0 Å². The van der Waals surface area contributed by atoms with Gasteiger partial charge in [-0.1, -0.05) is 42.5 Å². The second kappa shape index (κ2) is 14.2. The summed E-state index contributed by atoms with van der Waals surface area (Å²) in [5.74, 6) is -0.599. The van der Waals surface area contributed by atoms with Crippen LogP contribution in [0, 0.1) is 0 Å². The molecule has 0 aliphatic heterocycles. The summed E-state index contributed by atoms with van der Waals surface area (Å²) >= 11 is 0. The first kappa shape index (κ1) is 27.1. The first-order valence-electron chi connectivity index (χ1n) is 9.90. The van der Waals surface area contributed by atoms with E-state index >= 15 is 0 Å². The number of carbonyl (C=O) groups is 2. The first-order valence-corrected chi connectivity index (χ1v) is 9.90. The maximum Gasteiger partial charge on any atom is 0.319 e. The summed E-state index contributed by atoms with van der Waals surface area (Å²) in [6, 6.07) is 20.6. The topological polar surface area (TPSA) is 80.3 Å². The number of nitrogens with zero attached hydrogens (tertiary/aromatic N) is 1. The summed E-state index contributed by atoms with van der Waals surface area (Å²) in [4.78, 5) is 28.8. The third-order valence-electron chi connectivity index (χ3n) is 4.54. The van der Waals surface area contributed by atoms with Crippen molar-refractivity contribution in [3.63, 3.8) is 0 Å². The van der Waals surface area contributed by atoms with Gasteiger partial charge in [0.15, 0.2) is 0 Å².